The summed E-state index contributed by atoms with van der Waals surface area (Å²) in [5, 5.41) is 0. The molecule has 1 rings (SSSR count). The number of hydrogen-bond acceptors (Lipinski definition) is 0. The summed E-state index contributed by atoms with van der Waals surface area (Å²) in [6.45, 7) is 3.56. The molecule has 1 nitrogen and oxygen atoms in total. The van der Waals surface area contributed by atoms with Gasteiger partial charge in [0.15, 0.2) is 0 Å². The number of aromatic nitrogens is 1. The molecule has 1 aromatic heterocycles. The Morgan fingerprint density at radius 3 is 3.00 bits per heavy atom. The van der Waals surface area contributed by atoms with Crippen molar-refractivity contribution < 1.29 is 0 Å². The summed E-state index contributed by atoms with van der Waals surface area (Å²) in [5.74, 6) is 0. The number of aromatic amines is 1. The third kappa shape index (κ3) is 1.61. The highest BCUT2D eigenvalue weighted by atomic mass is 14.7. The van der Waals surface area contributed by atoms with Crippen LogP contribution in [0.1, 0.15) is 5.69 Å². The van der Waals surface area contributed by atoms with Crippen LogP contribution in [0.25, 0.3) is 6.08 Å². The van der Waals surface area contributed by atoms with Crippen LogP contribution in [0.4, 0.5) is 0 Å². The molecule has 1 N–H and O–H groups in total. The number of rotatable bonds is 2. The molecule has 1 aromatic rings. The van der Waals surface area contributed by atoms with Crippen molar-refractivity contribution in [3.63, 3.8) is 0 Å². The van der Waals surface area contributed by atoms with Gasteiger partial charge in [-0.3, -0.25) is 0 Å². The second-order valence-electron chi connectivity index (χ2n) is 1.72. The zero-order chi connectivity index (χ0) is 6.53. The molecular weight excluding hydrogens is 110 g/mol. The summed E-state index contributed by atoms with van der Waals surface area (Å²) in [5.41, 5.74) is 1.11. The molecule has 0 aliphatic rings. The summed E-state index contributed by atoms with van der Waals surface area (Å²) in [6.07, 6.45) is 7.50. The molecule has 0 fully saturated rings. The zero-order valence-corrected chi connectivity index (χ0v) is 5.17. The molecule has 0 saturated carbocycles. The van der Waals surface area contributed by atoms with E-state index >= 15 is 0 Å². The Bertz CT molecular complexity index is 194. The minimum atomic E-state index is 1.11. The van der Waals surface area contributed by atoms with Gasteiger partial charge in [-0.05, 0) is 18.2 Å². The molecule has 0 bridgehead atoms. The van der Waals surface area contributed by atoms with Crippen LogP contribution in [-0.4, -0.2) is 4.98 Å². The van der Waals surface area contributed by atoms with E-state index in [0.29, 0.717) is 0 Å². The fourth-order valence-electron chi connectivity index (χ4n) is 0.620. The van der Waals surface area contributed by atoms with E-state index in [9.17, 15) is 0 Å². The van der Waals surface area contributed by atoms with Gasteiger partial charge in [-0.1, -0.05) is 18.7 Å². The number of allylic oxidation sites excluding steroid dienone is 2. The predicted molar refractivity (Wildman–Crippen MR) is 40.0 cm³/mol. The second kappa shape index (κ2) is 2.92. The molecule has 0 amide bonds. The Balaban J connectivity index is 2.67. The van der Waals surface area contributed by atoms with Crippen LogP contribution in [0.3, 0.4) is 0 Å². The van der Waals surface area contributed by atoms with Crippen molar-refractivity contribution in [3.8, 4) is 0 Å². The summed E-state index contributed by atoms with van der Waals surface area (Å²) in [7, 11) is 0. The van der Waals surface area contributed by atoms with Crippen LogP contribution < -0.4 is 0 Å². The molecule has 0 aliphatic heterocycles. The van der Waals surface area contributed by atoms with Gasteiger partial charge >= 0.3 is 0 Å². The minimum absolute atomic E-state index is 1.11. The fourth-order valence-corrected chi connectivity index (χ4v) is 0.620. The van der Waals surface area contributed by atoms with Crippen LogP contribution >= 0.6 is 0 Å². The highest BCUT2D eigenvalue weighted by Crippen LogP contribution is 1.95. The molecule has 46 valence electrons. The molecule has 0 aromatic carbocycles. The first kappa shape index (κ1) is 5.89. The van der Waals surface area contributed by atoms with Gasteiger partial charge in [0.05, 0.1) is 0 Å². The molecule has 0 atom stereocenters. The Hall–Kier alpha value is -1.24. The maximum Gasteiger partial charge on any atom is 0.0380 e. The Morgan fingerprint density at radius 2 is 2.44 bits per heavy atom. The topological polar surface area (TPSA) is 15.8 Å². The molecule has 9 heavy (non-hydrogen) atoms. The first-order valence-electron chi connectivity index (χ1n) is 2.86. The number of hydrogen-bond donors (Lipinski definition) is 1. The summed E-state index contributed by atoms with van der Waals surface area (Å²) >= 11 is 0. The van der Waals surface area contributed by atoms with Gasteiger partial charge in [-0.15, -0.1) is 0 Å². The standard InChI is InChI=1S/C8H9N/c1-2-3-5-8-6-4-7-9-8/h2-7,9H,1H2. The quantitative estimate of drug-likeness (QED) is 0.574. The highest BCUT2D eigenvalue weighted by molar-refractivity contribution is 5.46. The van der Waals surface area contributed by atoms with Crippen LogP contribution in [-0.2, 0) is 0 Å². The van der Waals surface area contributed by atoms with E-state index in [-0.39, 0.29) is 0 Å². The second-order valence-corrected chi connectivity index (χ2v) is 1.72. The van der Waals surface area contributed by atoms with Gasteiger partial charge in [0.25, 0.3) is 0 Å². The largest absolute Gasteiger partial charge is 0.362 e. The maximum absolute atomic E-state index is 3.56. The van der Waals surface area contributed by atoms with Crippen molar-refractivity contribution >= 4 is 6.08 Å². The van der Waals surface area contributed by atoms with E-state index in [1.165, 1.54) is 0 Å². The SMILES string of the molecule is C=CC=Cc1ccc[nH]1. The van der Waals surface area contributed by atoms with E-state index in [4.69, 9.17) is 0 Å². The molecule has 1 heterocycles. The third-order valence-electron chi connectivity index (χ3n) is 1.03. The molecule has 0 radical (unpaired) electrons. The van der Waals surface area contributed by atoms with E-state index in [0.717, 1.165) is 5.69 Å². The Labute approximate surface area is 54.7 Å². The van der Waals surface area contributed by atoms with Crippen LogP contribution in [0, 0.1) is 0 Å². The molecular formula is C8H9N. The van der Waals surface area contributed by atoms with Crippen LogP contribution in [0.5, 0.6) is 0 Å². The average Bonchev–Trinajstić information content (AvgIpc) is 2.34. The first-order chi connectivity index (χ1) is 4.43. The van der Waals surface area contributed by atoms with Gasteiger partial charge < -0.3 is 4.98 Å². The molecule has 0 spiro atoms. The van der Waals surface area contributed by atoms with E-state index in [1.54, 1.807) is 6.08 Å². The monoisotopic (exact) mass is 119 g/mol. The molecule has 0 saturated heterocycles. The minimum Gasteiger partial charge on any atom is -0.362 e. The van der Waals surface area contributed by atoms with Crippen molar-refractivity contribution in [2.45, 2.75) is 0 Å². The summed E-state index contributed by atoms with van der Waals surface area (Å²) in [6, 6.07) is 3.96. The van der Waals surface area contributed by atoms with E-state index < -0.39 is 0 Å². The Morgan fingerprint density at radius 1 is 1.56 bits per heavy atom. The van der Waals surface area contributed by atoms with Gasteiger partial charge in [-0.2, -0.15) is 0 Å². The lowest BCUT2D eigenvalue weighted by atomic mass is 10.4. The highest BCUT2D eigenvalue weighted by Gasteiger charge is 1.79. The van der Waals surface area contributed by atoms with Crippen LogP contribution in [0.15, 0.2) is 37.1 Å². The fraction of sp³-hybridized carbons (Fsp3) is 0. The average molecular weight is 119 g/mol. The zero-order valence-electron chi connectivity index (χ0n) is 5.17. The lowest BCUT2D eigenvalue weighted by Gasteiger charge is -1.78. The first-order valence-corrected chi connectivity index (χ1v) is 2.86. The van der Waals surface area contributed by atoms with Crippen molar-refractivity contribution in [1.29, 1.82) is 0 Å². The van der Waals surface area contributed by atoms with Crippen molar-refractivity contribution in [1.82, 2.24) is 4.98 Å². The normalized spacial score (nSPS) is 10.2. The lowest BCUT2D eigenvalue weighted by molar-refractivity contribution is 1.38. The number of H-pyrrole nitrogens is 1. The predicted octanol–water partition coefficient (Wildman–Crippen LogP) is 2.21. The Kier molecular flexibility index (Phi) is 1.91. The number of nitrogens with one attached hydrogen (secondary N) is 1. The molecule has 0 unspecified atom stereocenters. The van der Waals surface area contributed by atoms with Gasteiger partial charge in [0.2, 0.25) is 0 Å². The van der Waals surface area contributed by atoms with Crippen LogP contribution in [0.2, 0.25) is 0 Å². The maximum atomic E-state index is 3.56. The van der Waals surface area contributed by atoms with Crippen molar-refractivity contribution in [3.05, 3.63) is 42.8 Å². The van der Waals surface area contributed by atoms with Gasteiger partial charge in [0.1, 0.15) is 0 Å². The molecule has 0 aliphatic carbocycles. The van der Waals surface area contributed by atoms with Gasteiger partial charge in [0, 0.05) is 11.9 Å². The smallest absolute Gasteiger partial charge is 0.0380 e. The van der Waals surface area contributed by atoms with Crippen molar-refractivity contribution in [2.75, 3.05) is 0 Å². The van der Waals surface area contributed by atoms with Gasteiger partial charge in [-0.25, -0.2) is 0 Å². The van der Waals surface area contributed by atoms with E-state index in [2.05, 4.69) is 11.6 Å². The summed E-state index contributed by atoms with van der Waals surface area (Å²) in [4.78, 5) is 3.04. The van der Waals surface area contributed by atoms with E-state index in [1.807, 2.05) is 30.5 Å². The summed E-state index contributed by atoms with van der Waals surface area (Å²) < 4.78 is 0. The lowest BCUT2D eigenvalue weighted by Crippen LogP contribution is -1.63. The third-order valence-corrected chi connectivity index (χ3v) is 1.03. The molecule has 1 heteroatoms. The van der Waals surface area contributed by atoms with Crippen molar-refractivity contribution in [2.24, 2.45) is 0 Å².